The third-order valence-electron chi connectivity index (χ3n) is 2.01. The van der Waals surface area contributed by atoms with Gasteiger partial charge in [0.15, 0.2) is 0 Å². The van der Waals surface area contributed by atoms with Gasteiger partial charge in [0.2, 0.25) is 5.88 Å². The summed E-state index contributed by atoms with van der Waals surface area (Å²) in [6, 6.07) is 10.4. The quantitative estimate of drug-likeness (QED) is 0.813. The average molecular weight is 254 g/mol. The molecule has 0 saturated heterocycles. The average Bonchev–Trinajstić information content (AvgIpc) is 2.58. The zero-order valence-corrected chi connectivity index (χ0v) is 9.91. The maximum absolute atomic E-state index is 10.8. The van der Waals surface area contributed by atoms with Crippen molar-refractivity contribution in [3.63, 3.8) is 0 Å². The minimum Gasteiger partial charge on any atom is -0.386 e. The monoisotopic (exact) mass is 254 g/mol. The van der Waals surface area contributed by atoms with Crippen molar-refractivity contribution in [2.75, 3.05) is 0 Å². The number of rotatable bonds is 3. The molecule has 0 aliphatic carbocycles. The van der Waals surface area contributed by atoms with E-state index in [1.807, 2.05) is 6.07 Å². The van der Waals surface area contributed by atoms with E-state index in [0.29, 0.717) is 11.4 Å². The van der Waals surface area contributed by atoms with Gasteiger partial charge in [-0.15, -0.1) is 0 Å². The molecule has 0 atom stereocenters. The van der Waals surface area contributed by atoms with E-state index in [2.05, 4.69) is 9.62 Å². The number of aromatic nitrogens is 2. The molecule has 90 valence electrons. The molecule has 6 nitrogen and oxygen atoms in total. The first-order valence-electron chi connectivity index (χ1n) is 4.83. The molecule has 0 fully saturated rings. The maximum atomic E-state index is 10.8. The largest absolute Gasteiger partial charge is 0.526 e. The molecule has 1 aromatic carbocycles. The van der Waals surface area contributed by atoms with Gasteiger partial charge in [0.05, 0.1) is 11.4 Å². The molecule has 0 aliphatic heterocycles. The van der Waals surface area contributed by atoms with E-state index in [-0.39, 0.29) is 5.88 Å². The third-order valence-corrected chi connectivity index (χ3v) is 2.44. The second-order valence-electron chi connectivity index (χ2n) is 3.45. The van der Waals surface area contributed by atoms with Gasteiger partial charge in [-0.3, -0.25) is 9.79 Å². The Balaban J connectivity index is 2.45. The van der Waals surface area contributed by atoms with Crippen LogP contribution in [0.5, 0.6) is 5.88 Å². The summed E-state index contributed by atoms with van der Waals surface area (Å²) in [5, 5.41) is 4.11. The number of nitrogens with zero attached hydrogens (tertiary/aromatic N) is 2. The predicted molar refractivity (Wildman–Crippen MR) is 61.0 cm³/mol. The van der Waals surface area contributed by atoms with E-state index in [0.717, 1.165) is 0 Å². The highest BCUT2D eigenvalue weighted by molar-refractivity contribution is 7.46. The molecule has 0 spiro atoms. The highest BCUT2D eigenvalue weighted by atomic mass is 31.2. The Labute approximate surface area is 97.7 Å². The lowest BCUT2D eigenvalue weighted by molar-refractivity contribution is 0.276. The Morgan fingerprint density at radius 1 is 1.29 bits per heavy atom. The molecular formula is C10H11N2O4P. The Morgan fingerprint density at radius 3 is 2.53 bits per heavy atom. The van der Waals surface area contributed by atoms with E-state index < -0.39 is 7.82 Å². The van der Waals surface area contributed by atoms with Crippen molar-refractivity contribution in [2.24, 2.45) is 0 Å². The number of phosphoric ester groups is 1. The summed E-state index contributed by atoms with van der Waals surface area (Å²) in [7, 11) is -4.58. The van der Waals surface area contributed by atoms with E-state index in [1.165, 1.54) is 10.7 Å². The van der Waals surface area contributed by atoms with Gasteiger partial charge in [0, 0.05) is 6.07 Å². The summed E-state index contributed by atoms with van der Waals surface area (Å²) < 4.78 is 16.7. The van der Waals surface area contributed by atoms with Crippen molar-refractivity contribution in [1.82, 2.24) is 9.78 Å². The first-order chi connectivity index (χ1) is 7.96. The van der Waals surface area contributed by atoms with Crippen LogP contribution in [-0.4, -0.2) is 19.6 Å². The van der Waals surface area contributed by atoms with Crippen LogP contribution in [0.4, 0.5) is 0 Å². The zero-order chi connectivity index (χ0) is 12.5. The minimum atomic E-state index is -4.58. The second-order valence-corrected chi connectivity index (χ2v) is 4.62. The summed E-state index contributed by atoms with van der Waals surface area (Å²) >= 11 is 0. The molecule has 0 aliphatic rings. The summed E-state index contributed by atoms with van der Waals surface area (Å²) in [5.41, 5.74) is 1.28. The number of para-hydroxylation sites is 1. The van der Waals surface area contributed by atoms with Crippen LogP contribution in [0.2, 0.25) is 0 Å². The molecular weight excluding hydrogens is 243 g/mol. The lowest BCUT2D eigenvalue weighted by Crippen LogP contribution is -2.01. The lowest BCUT2D eigenvalue weighted by Gasteiger charge is -2.08. The molecule has 1 aromatic heterocycles. The molecule has 1 heterocycles. The number of hydrogen-bond donors (Lipinski definition) is 2. The van der Waals surface area contributed by atoms with Crippen LogP contribution in [-0.2, 0) is 4.57 Å². The SMILES string of the molecule is Cc1cc(OP(=O)(O)O)n(-c2ccccc2)n1. The third kappa shape index (κ3) is 2.94. The first-order valence-corrected chi connectivity index (χ1v) is 6.36. The Hall–Kier alpha value is -1.62. The van der Waals surface area contributed by atoms with Crippen molar-refractivity contribution in [3.05, 3.63) is 42.1 Å². The van der Waals surface area contributed by atoms with E-state index in [9.17, 15) is 4.57 Å². The van der Waals surface area contributed by atoms with E-state index in [1.54, 1.807) is 31.2 Å². The van der Waals surface area contributed by atoms with Gasteiger partial charge in [-0.05, 0) is 19.1 Å². The van der Waals surface area contributed by atoms with E-state index in [4.69, 9.17) is 9.79 Å². The molecule has 2 aromatic rings. The van der Waals surface area contributed by atoms with Crippen molar-refractivity contribution in [2.45, 2.75) is 6.92 Å². The highest BCUT2D eigenvalue weighted by Gasteiger charge is 2.20. The van der Waals surface area contributed by atoms with Crippen LogP contribution in [0.1, 0.15) is 5.69 Å². The van der Waals surface area contributed by atoms with Gasteiger partial charge in [0.1, 0.15) is 0 Å². The molecule has 2 rings (SSSR count). The second kappa shape index (κ2) is 4.33. The van der Waals surface area contributed by atoms with Gasteiger partial charge in [-0.25, -0.2) is 9.25 Å². The highest BCUT2D eigenvalue weighted by Crippen LogP contribution is 2.38. The standard InChI is InChI=1S/C10H11N2O4P/c1-8-7-10(16-17(13,14)15)12(11-8)9-5-3-2-4-6-9/h2-7H,1H3,(H2,13,14,15). The van der Waals surface area contributed by atoms with Crippen LogP contribution in [0.3, 0.4) is 0 Å². The molecule has 0 saturated carbocycles. The fourth-order valence-electron chi connectivity index (χ4n) is 1.42. The zero-order valence-electron chi connectivity index (χ0n) is 9.02. The van der Waals surface area contributed by atoms with Gasteiger partial charge in [-0.2, -0.15) is 5.10 Å². The summed E-state index contributed by atoms with van der Waals surface area (Å²) in [6.07, 6.45) is 0. The lowest BCUT2D eigenvalue weighted by atomic mass is 10.3. The van der Waals surface area contributed by atoms with Crippen molar-refractivity contribution in [3.8, 4) is 11.6 Å². The normalized spacial score (nSPS) is 11.5. The number of phosphoric acid groups is 1. The maximum Gasteiger partial charge on any atom is 0.526 e. The Bertz CT molecular complexity index is 561. The fraction of sp³-hybridized carbons (Fsp3) is 0.100. The summed E-state index contributed by atoms with van der Waals surface area (Å²) in [5.74, 6) is 0.0158. The smallest absolute Gasteiger partial charge is 0.386 e. The summed E-state index contributed by atoms with van der Waals surface area (Å²) in [6.45, 7) is 1.71. The van der Waals surface area contributed by atoms with Crippen LogP contribution in [0.15, 0.2) is 36.4 Å². The molecule has 0 unspecified atom stereocenters. The summed E-state index contributed by atoms with van der Waals surface area (Å²) in [4.78, 5) is 17.6. The molecule has 17 heavy (non-hydrogen) atoms. The molecule has 0 bridgehead atoms. The predicted octanol–water partition coefficient (Wildman–Crippen LogP) is 1.65. The van der Waals surface area contributed by atoms with Gasteiger partial charge in [-0.1, -0.05) is 18.2 Å². The topological polar surface area (TPSA) is 84.6 Å². The molecule has 2 N–H and O–H groups in total. The molecule has 0 amide bonds. The van der Waals surface area contributed by atoms with Crippen LogP contribution < -0.4 is 4.52 Å². The molecule has 0 radical (unpaired) electrons. The van der Waals surface area contributed by atoms with Crippen LogP contribution in [0.25, 0.3) is 5.69 Å². The Morgan fingerprint density at radius 2 is 1.94 bits per heavy atom. The molecule has 7 heteroatoms. The van der Waals surface area contributed by atoms with Gasteiger partial charge < -0.3 is 4.52 Å². The van der Waals surface area contributed by atoms with Crippen LogP contribution in [0, 0.1) is 6.92 Å². The van der Waals surface area contributed by atoms with Gasteiger partial charge >= 0.3 is 7.82 Å². The number of hydrogen-bond acceptors (Lipinski definition) is 3. The number of benzene rings is 1. The van der Waals surface area contributed by atoms with E-state index >= 15 is 0 Å². The van der Waals surface area contributed by atoms with Crippen molar-refractivity contribution in [1.29, 1.82) is 0 Å². The van der Waals surface area contributed by atoms with Crippen molar-refractivity contribution >= 4 is 7.82 Å². The minimum absolute atomic E-state index is 0.0158. The van der Waals surface area contributed by atoms with Crippen LogP contribution >= 0.6 is 7.82 Å². The van der Waals surface area contributed by atoms with Gasteiger partial charge in [0.25, 0.3) is 0 Å². The first kappa shape index (κ1) is 11.9. The Kier molecular flexibility index (Phi) is 3.02. The number of aryl methyl sites for hydroxylation is 1. The fourth-order valence-corrected chi connectivity index (χ4v) is 1.79. The van der Waals surface area contributed by atoms with Crippen molar-refractivity contribution < 1.29 is 18.9 Å².